The number of benzene rings is 2. The molecule has 2 aliphatic heterocycles. The maximum absolute atomic E-state index is 13.0. The fourth-order valence-corrected chi connectivity index (χ4v) is 4.66. The Morgan fingerprint density at radius 2 is 1.39 bits per heavy atom. The molecule has 0 aliphatic carbocycles. The Balaban J connectivity index is 1.23. The predicted molar refractivity (Wildman–Crippen MR) is 130 cm³/mol. The molecule has 36 heavy (non-hydrogen) atoms. The van der Waals surface area contributed by atoms with E-state index in [1.165, 1.54) is 49.4 Å². The number of ether oxygens (including phenoxy) is 1. The van der Waals surface area contributed by atoms with Crippen molar-refractivity contribution in [1.82, 2.24) is 14.7 Å². The van der Waals surface area contributed by atoms with Crippen LogP contribution in [0.15, 0.2) is 48.5 Å². The second-order valence-electron chi connectivity index (χ2n) is 9.29. The molecule has 2 aromatic carbocycles. The second kappa shape index (κ2) is 11.8. The largest absolute Gasteiger partial charge is 0.494 e. The third kappa shape index (κ3) is 6.78. The van der Waals surface area contributed by atoms with E-state index in [0.29, 0.717) is 25.3 Å². The van der Waals surface area contributed by atoms with Crippen molar-refractivity contribution in [3.63, 3.8) is 0 Å². The molecule has 0 bridgehead atoms. The van der Waals surface area contributed by atoms with Crippen LogP contribution in [0.25, 0.3) is 0 Å². The van der Waals surface area contributed by atoms with E-state index in [1.54, 1.807) is 29.2 Å². The summed E-state index contributed by atoms with van der Waals surface area (Å²) >= 11 is 0. The number of hydrogen-bond donors (Lipinski definition) is 0. The summed E-state index contributed by atoms with van der Waals surface area (Å²) in [4.78, 5) is 31.2. The van der Waals surface area contributed by atoms with E-state index >= 15 is 0 Å². The zero-order valence-electron chi connectivity index (χ0n) is 20.3. The molecule has 2 amide bonds. The minimum absolute atomic E-state index is 0.00359. The Kier molecular flexibility index (Phi) is 8.51. The lowest BCUT2D eigenvalue weighted by Crippen LogP contribution is -2.50. The highest BCUT2D eigenvalue weighted by molar-refractivity contribution is 5.96. The van der Waals surface area contributed by atoms with Crippen molar-refractivity contribution in [2.75, 3.05) is 52.4 Å². The Hall–Kier alpha value is -3.07. The van der Waals surface area contributed by atoms with Crippen LogP contribution in [0.4, 0.5) is 13.2 Å². The fourth-order valence-electron chi connectivity index (χ4n) is 4.66. The molecule has 0 radical (unpaired) electrons. The smallest absolute Gasteiger partial charge is 0.416 e. The van der Waals surface area contributed by atoms with E-state index in [-0.39, 0.29) is 24.6 Å². The molecule has 2 fully saturated rings. The van der Waals surface area contributed by atoms with Crippen LogP contribution in [0.3, 0.4) is 0 Å². The number of halogens is 3. The van der Waals surface area contributed by atoms with Gasteiger partial charge in [-0.3, -0.25) is 9.59 Å². The van der Waals surface area contributed by atoms with Gasteiger partial charge in [0.05, 0.1) is 12.2 Å². The van der Waals surface area contributed by atoms with Gasteiger partial charge in [-0.2, -0.15) is 13.2 Å². The number of likely N-dealkylation sites (tertiary alicyclic amines) is 1. The van der Waals surface area contributed by atoms with E-state index in [0.717, 1.165) is 30.8 Å². The van der Waals surface area contributed by atoms with Gasteiger partial charge in [-0.05, 0) is 74.8 Å². The Morgan fingerprint density at radius 1 is 0.778 bits per heavy atom. The molecule has 2 aromatic rings. The van der Waals surface area contributed by atoms with Crippen LogP contribution in [0.5, 0.6) is 5.75 Å². The summed E-state index contributed by atoms with van der Waals surface area (Å²) in [6.07, 6.45) is 0.333. The predicted octanol–water partition coefficient (Wildman–Crippen LogP) is 4.56. The molecule has 4 rings (SSSR count). The molecular formula is C27H32F3N3O3. The molecule has 0 saturated carbocycles. The molecule has 9 heteroatoms. The fraction of sp³-hybridized carbons (Fsp3) is 0.481. The van der Waals surface area contributed by atoms with E-state index < -0.39 is 17.6 Å². The highest BCUT2D eigenvalue weighted by Crippen LogP contribution is 2.30. The van der Waals surface area contributed by atoms with Crippen molar-refractivity contribution in [3.8, 4) is 5.75 Å². The number of amides is 2. The minimum Gasteiger partial charge on any atom is -0.494 e. The van der Waals surface area contributed by atoms with Gasteiger partial charge in [0, 0.05) is 43.9 Å². The normalized spacial score (nSPS) is 17.2. The van der Waals surface area contributed by atoms with Gasteiger partial charge >= 0.3 is 6.18 Å². The summed E-state index contributed by atoms with van der Waals surface area (Å²) in [6.45, 7) is 5.17. The van der Waals surface area contributed by atoms with Crippen molar-refractivity contribution < 1.29 is 27.5 Å². The summed E-state index contributed by atoms with van der Waals surface area (Å²) in [7, 11) is 0. The van der Waals surface area contributed by atoms with Crippen LogP contribution >= 0.6 is 0 Å². The molecule has 0 spiro atoms. The van der Waals surface area contributed by atoms with Crippen molar-refractivity contribution in [1.29, 1.82) is 0 Å². The summed E-state index contributed by atoms with van der Waals surface area (Å²) < 4.78 is 44.7. The molecule has 2 aliphatic rings. The monoisotopic (exact) mass is 503 g/mol. The number of carbonyl (C=O) groups is 2. The molecule has 0 aromatic heterocycles. The van der Waals surface area contributed by atoms with Crippen LogP contribution in [0, 0.1) is 0 Å². The Bertz CT molecular complexity index is 1030. The molecule has 2 saturated heterocycles. The molecule has 0 unspecified atom stereocenters. The van der Waals surface area contributed by atoms with Crippen molar-refractivity contribution >= 4 is 11.8 Å². The van der Waals surface area contributed by atoms with E-state index in [1.807, 2.05) is 0 Å². The lowest BCUT2D eigenvalue weighted by Gasteiger charge is -2.35. The van der Waals surface area contributed by atoms with Crippen LogP contribution < -0.4 is 4.74 Å². The molecule has 2 heterocycles. The first-order valence-electron chi connectivity index (χ1n) is 12.5. The zero-order valence-corrected chi connectivity index (χ0v) is 20.3. The van der Waals surface area contributed by atoms with Crippen molar-refractivity contribution in [2.45, 2.75) is 31.9 Å². The summed E-state index contributed by atoms with van der Waals surface area (Å²) in [5, 5.41) is 0. The maximum Gasteiger partial charge on any atom is 0.416 e. The van der Waals surface area contributed by atoms with Gasteiger partial charge in [0.25, 0.3) is 11.8 Å². The van der Waals surface area contributed by atoms with Gasteiger partial charge < -0.3 is 19.4 Å². The number of carbonyl (C=O) groups excluding carboxylic acids is 2. The van der Waals surface area contributed by atoms with Gasteiger partial charge in [0.2, 0.25) is 0 Å². The summed E-state index contributed by atoms with van der Waals surface area (Å²) in [5.74, 6) is 0.120. The summed E-state index contributed by atoms with van der Waals surface area (Å²) in [6, 6.07) is 11.5. The van der Waals surface area contributed by atoms with E-state index in [9.17, 15) is 22.8 Å². The topological polar surface area (TPSA) is 53.1 Å². The number of hydrogen-bond acceptors (Lipinski definition) is 4. The number of alkyl halides is 3. The third-order valence-corrected chi connectivity index (χ3v) is 6.73. The van der Waals surface area contributed by atoms with Gasteiger partial charge in [-0.25, -0.2) is 0 Å². The average Bonchev–Trinajstić information content (AvgIpc) is 2.91. The average molecular weight is 504 g/mol. The standard InChI is InChI=1S/C27H32F3N3O3/c28-27(29,30)23-7-4-6-22(20-23)26(35)33-17-15-32(16-18-33)25(34)21-8-10-24(11-9-21)36-19-5-14-31-12-2-1-3-13-31/h4,6-11,20H,1-3,5,12-19H2. The lowest BCUT2D eigenvalue weighted by atomic mass is 10.1. The highest BCUT2D eigenvalue weighted by atomic mass is 19.4. The van der Waals surface area contributed by atoms with Crippen molar-refractivity contribution in [2.24, 2.45) is 0 Å². The first-order valence-corrected chi connectivity index (χ1v) is 12.5. The number of rotatable bonds is 7. The lowest BCUT2D eigenvalue weighted by molar-refractivity contribution is -0.137. The second-order valence-corrected chi connectivity index (χ2v) is 9.29. The molecular weight excluding hydrogens is 471 g/mol. The van der Waals surface area contributed by atoms with Crippen LogP contribution in [0.2, 0.25) is 0 Å². The highest BCUT2D eigenvalue weighted by Gasteiger charge is 2.32. The third-order valence-electron chi connectivity index (χ3n) is 6.73. The first-order chi connectivity index (χ1) is 17.3. The van der Waals surface area contributed by atoms with Crippen LogP contribution in [0.1, 0.15) is 52.0 Å². The Morgan fingerprint density at radius 3 is 2.00 bits per heavy atom. The van der Waals surface area contributed by atoms with Crippen molar-refractivity contribution in [3.05, 3.63) is 65.2 Å². The zero-order chi connectivity index (χ0) is 25.5. The minimum atomic E-state index is -4.50. The molecule has 0 N–H and O–H groups in total. The van der Waals surface area contributed by atoms with Crippen LogP contribution in [-0.4, -0.2) is 78.9 Å². The number of piperidine rings is 1. The number of nitrogens with zero attached hydrogens (tertiary/aromatic N) is 3. The first kappa shape index (κ1) is 26.0. The van der Waals surface area contributed by atoms with Crippen LogP contribution in [-0.2, 0) is 6.18 Å². The van der Waals surface area contributed by atoms with Gasteiger partial charge in [0.15, 0.2) is 0 Å². The molecule has 0 atom stereocenters. The Labute approximate surface area is 209 Å². The van der Waals surface area contributed by atoms with Gasteiger partial charge in [-0.15, -0.1) is 0 Å². The maximum atomic E-state index is 13.0. The van der Waals surface area contributed by atoms with E-state index in [2.05, 4.69) is 4.90 Å². The van der Waals surface area contributed by atoms with Gasteiger partial charge in [0.1, 0.15) is 5.75 Å². The quantitative estimate of drug-likeness (QED) is 0.520. The SMILES string of the molecule is O=C(c1ccc(OCCCN2CCCCC2)cc1)N1CCN(C(=O)c2cccc(C(F)(F)F)c2)CC1. The summed E-state index contributed by atoms with van der Waals surface area (Å²) in [5.41, 5.74) is -0.318. The number of piperazine rings is 1. The van der Waals surface area contributed by atoms with Gasteiger partial charge in [-0.1, -0.05) is 12.5 Å². The van der Waals surface area contributed by atoms with E-state index in [4.69, 9.17) is 4.74 Å². The molecule has 194 valence electrons. The molecule has 6 nitrogen and oxygen atoms in total.